The monoisotopic (exact) mass is 320 g/mol. The Morgan fingerprint density at radius 2 is 2.40 bits per heavy atom. The Morgan fingerprint density at radius 1 is 1.53 bits per heavy atom. The molecule has 0 saturated heterocycles. The van der Waals surface area contributed by atoms with Crippen LogP contribution in [0.15, 0.2) is 31.8 Å². The van der Waals surface area contributed by atoms with Crippen molar-refractivity contribution in [1.29, 1.82) is 0 Å². The highest BCUT2D eigenvalue weighted by molar-refractivity contribution is 9.11. The van der Waals surface area contributed by atoms with E-state index in [1.807, 2.05) is 11.6 Å². The van der Waals surface area contributed by atoms with Crippen LogP contribution >= 0.6 is 50.4 Å². The van der Waals surface area contributed by atoms with Crippen LogP contribution in [0.5, 0.6) is 0 Å². The second-order valence-corrected chi connectivity index (χ2v) is 7.62. The average molecular weight is 321 g/mol. The van der Waals surface area contributed by atoms with Crippen molar-refractivity contribution in [1.82, 2.24) is 4.98 Å². The first-order valence-corrected chi connectivity index (χ1v) is 7.68. The molecule has 80 valence electrons. The molecule has 0 aromatic carbocycles. The molecular formula is C9H9BrN2S3. The van der Waals surface area contributed by atoms with Gasteiger partial charge < -0.3 is 5.73 Å². The Kier molecular flexibility index (Phi) is 4.21. The van der Waals surface area contributed by atoms with Crippen LogP contribution in [0.2, 0.25) is 0 Å². The van der Waals surface area contributed by atoms with Gasteiger partial charge in [0.05, 0.1) is 9.04 Å². The smallest absolute Gasteiger partial charge is 0.150 e. The first-order valence-electron chi connectivity index (χ1n) is 4.31. The number of hydrogen-bond donors (Lipinski definition) is 1. The number of nitrogens with two attached hydrogens (primary N) is 1. The van der Waals surface area contributed by atoms with Gasteiger partial charge in [-0.1, -0.05) is 11.8 Å². The summed E-state index contributed by atoms with van der Waals surface area (Å²) in [5, 5.41) is 2.30. The molecule has 6 heteroatoms. The molecule has 0 aliphatic rings. The van der Waals surface area contributed by atoms with E-state index < -0.39 is 0 Å². The molecule has 2 aromatic heterocycles. The summed E-state index contributed by atoms with van der Waals surface area (Å²) < 4.78 is 2.23. The van der Waals surface area contributed by atoms with Crippen LogP contribution in [-0.4, -0.2) is 11.5 Å². The van der Waals surface area contributed by atoms with E-state index in [0.717, 1.165) is 8.13 Å². The molecule has 15 heavy (non-hydrogen) atoms. The SMILES string of the molecule is NCC(Sc1nccs1)c1ccc(Br)s1. The van der Waals surface area contributed by atoms with E-state index >= 15 is 0 Å². The molecule has 0 aliphatic heterocycles. The van der Waals surface area contributed by atoms with Gasteiger partial charge in [0.15, 0.2) is 0 Å². The van der Waals surface area contributed by atoms with Gasteiger partial charge in [0.2, 0.25) is 0 Å². The number of thioether (sulfide) groups is 1. The summed E-state index contributed by atoms with van der Waals surface area (Å²) in [5.74, 6) is 0. The molecule has 2 nitrogen and oxygen atoms in total. The molecule has 2 aromatic rings. The standard InChI is InChI=1S/C9H9BrN2S3/c10-8-2-1-6(14-8)7(5-11)15-9-12-3-4-13-9/h1-4,7H,5,11H2. The Labute approximate surface area is 109 Å². The molecule has 2 rings (SSSR count). The third kappa shape index (κ3) is 3.04. The summed E-state index contributed by atoms with van der Waals surface area (Å²) >= 11 is 8.59. The van der Waals surface area contributed by atoms with E-state index in [2.05, 4.69) is 33.0 Å². The number of aromatic nitrogens is 1. The maximum Gasteiger partial charge on any atom is 0.150 e. The lowest BCUT2D eigenvalue weighted by molar-refractivity contribution is 0.958. The van der Waals surface area contributed by atoms with Crippen LogP contribution in [-0.2, 0) is 0 Å². The quantitative estimate of drug-likeness (QED) is 0.872. The lowest BCUT2D eigenvalue weighted by atomic mass is 10.3. The number of thiophene rings is 1. The Morgan fingerprint density at radius 3 is 2.93 bits per heavy atom. The van der Waals surface area contributed by atoms with Crippen molar-refractivity contribution in [3.63, 3.8) is 0 Å². The predicted octanol–water partition coefficient (Wildman–Crippen LogP) is 3.76. The molecule has 2 heterocycles. The molecular weight excluding hydrogens is 312 g/mol. The molecule has 0 bridgehead atoms. The van der Waals surface area contributed by atoms with E-state index in [1.165, 1.54) is 4.88 Å². The van der Waals surface area contributed by atoms with Gasteiger partial charge in [-0.3, -0.25) is 0 Å². The fourth-order valence-electron chi connectivity index (χ4n) is 1.11. The van der Waals surface area contributed by atoms with Gasteiger partial charge in [0.1, 0.15) is 4.34 Å². The van der Waals surface area contributed by atoms with E-state index in [-0.39, 0.29) is 0 Å². The zero-order valence-corrected chi connectivity index (χ0v) is 11.8. The molecule has 1 unspecified atom stereocenters. The van der Waals surface area contributed by atoms with Gasteiger partial charge in [-0.15, -0.1) is 22.7 Å². The van der Waals surface area contributed by atoms with Crippen molar-refractivity contribution in [2.75, 3.05) is 6.54 Å². The van der Waals surface area contributed by atoms with Crippen molar-refractivity contribution in [3.8, 4) is 0 Å². The van der Waals surface area contributed by atoms with E-state index in [4.69, 9.17) is 5.73 Å². The van der Waals surface area contributed by atoms with Crippen molar-refractivity contribution in [3.05, 3.63) is 32.4 Å². The number of halogens is 1. The second-order valence-electron chi connectivity index (χ2n) is 2.78. The fraction of sp³-hybridized carbons (Fsp3) is 0.222. The highest BCUT2D eigenvalue weighted by Crippen LogP contribution is 2.39. The van der Waals surface area contributed by atoms with Gasteiger partial charge >= 0.3 is 0 Å². The van der Waals surface area contributed by atoms with Crippen molar-refractivity contribution < 1.29 is 0 Å². The van der Waals surface area contributed by atoms with Gasteiger partial charge in [-0.05, 0) is 28.1 Å². The van der Waals surface area contributed by atoms with Crippen molar-refractivity contribution in [2.24, 2.45) is 5.73 Å². The van der Waals surface area contributed by atoms with Crippen LogP contribution < -0.4 is 5.73 Å². The van der Waals surface area contributed by atoms with Gasteiger partial charge in [-0.2, -0.15) is 0 Å². The number of hydrogen-bond acceptors (Lipinski definition) is 5. The number of thiazole rings is 1. The lowest BCUT2D eigenvalue weighted by Gasteiger charge is -2.09. The Bertz CT molecular complexity index is 413. The predicted molar refractivity (Wildman–Crippen MR) is 71.8 cm³/mol. The van der Waals surface area contributed by atoms with E-state index in [9.17, 15) is 0 Å². The maximum absolute atomic E-state index is 5.78. The molecule has 0 saturated carbocycles. The van der Waals surface area contributed by atoms with Crippen molar-refractivity contribution >= 4 is 50.4 Å². The van der Waals surface area contributed by atoms with Crippen LogP contribution in [0, 0.1) is 0 Å². The normalized spacial score (nSPS) is 12.9. The maximum atomic E-state index is 5.78. The second kappa shape index (κ2) is 5.45. The lowest BCUT2D eigenvalue weighted by Crippen LogP contribution is -2.07. The minimum Gasteiger partial charge on any atom is -0.329 e. The topological polar surface area (TPSA) is 38.9 Å². The number of rotatable bonds is 4. The fourth-order valence-corrected chi connectivity index (χ4v) is 4.57. The summed E-state index contributed by atoms with van der Waals surface area (Å²) in [5.41, 5.74) is 5.78. The molecule has 0 amide bonds. The first kappa shape index (κ1) is 11.6. The Balaban J connectivity index is 2.11. The molecule has 1 atom stereocenters. The molecule has 0 radical (unpaired) electrons. The van der Waals surface area contributed by atoms with Gasteiger partial charge in [0.25, 0.3) is 0 Å². The van der Waals surface area contributed by atoms with Crippen LogP contribution in [0.25, 0.3) is 0 Å². The van der Waals surface area contributed by atoms with Crippen LogP contribution in [0.4, 0.5) is 0 Å². The third-order valence-corrected chi connectivity index (χ3v) is 5.84. The van der Waals surface area contributed by atoms with Crippen LogP contribution in [0.1, 0.15) is 10.1 Å². The van der Waals surface area contributed by atoms with Gasteiger partial charge in [0, 0.05) is 23.0 Å². The zero-order valence-electron chi connectivity index (χ0n) is 7.72. The van der Waals surface area contributed by atoms with Crippen molar-refractivity contribution in [2.45, 2.75) is 9.59 Å². The minimum atomic E-state index is 0.312. The summed E-state index contributed by atoms with van der Waals surface area (Å²) in [6, 6.07) is 4.18. The molecule has 0 fully saturated rings. The Hall–Kier alpha value is 0.120. The minimum absolute atomic E-state index is 0.312. The molecule has 0 spiro atoms. The summed E-state index contributed by atoms with van der Waals surface area (Å²) in [6.07, 6.45) is 1.82. The largest absolute Gasteiger partial charge is 0.329 e. The highest BCUT2D eigenvalue weighted by Gasteiger charge is 2.14. The van der Waals surface area contributed by atoms with Gasteiger partial charge in [-0.25, -0.2) is 4.98 Å². The third-order valence-electron chi connectivity index (χ3n) is 1.78. The molecule has 0 aliphatic carbocycles. The zero-order chi connectivity index (χ0) is 10.7. The summed E-state index contributed by atoms with van der Waals surface area (Å²) in [7, 11) is 0. The summed E-state index contributed by atoms with van der Waals surface area (Å²) in [4.78, 5) is 5.55. The van der Waals surface area contributed by atoms with E-state index in [1.54, 1.807) is 34.4 Å². The number of nitrogens with zero attached hydrogens (tertiary/aromatic N) is 1. The summed E-state index contributed by atoms with van der Waals surface area (Å²) in [6.45, 7) is 0.636. The average Bonchev–Trinajstić information content (AvgIpc) is 2.85. The van der Waals surface area contributed by atoms with Crippen LogP contribution in [0.3, 0.4) is 0 Å². The first-order chi connectivity index (χ1) is 7.29. The molecule has 2 N–H and O–H groups in total. The van der Waals surface area contributed by atoms with E-state index in [0.29, 0.717) is 11.8 Å². The highest BCUT2D eigenvalue weighted by atomic mass is 79.9.